The molecule has 3 aromatic carbocycles. The highest BCUT2D eigenvalue weighted by molar-refractivity contribution is 8.00. The van der Waals surface area contributed by atoms with Crippen molar-refractivity contribution < 1.29 is 4.79 Å². The zero-order chi connectivity index (χ0) is 18.5. The van der Waals surface area contributed by atoms with Crippen LogP contribution in [-0.4, -0.2) is 5.91 Å². The van der Waals surface area contributed by atoms with E-state index in [2.05, 4.69) is 11.4 Å². The Morgan fingerprint density at radius 1 is 0.962 bits per heavy atom. The number of carbonyl (C=O) groups excluding carboxylic acids is 1. The molecule has 3 rings (SSSR count). The van der Waals surface area contributed by atoms with Crippen LogP contribution in [-0.2, 0) is 4.79 Å². The molecule has 0 fully saturated rings. The molecule has 0 heterocycles. The van der Waals surface area contributed by atoms with Crippen molar-refractivity contribution in [1.82, 2.24) is 0 Å². The lowest BCUT2D eigenvalue weighted by atomic mass is 10.1. The Labute approximate surface area is 158 Å². The van der Waals surface area contributed by atoms with E-state index in [4.69, 9.17) is 5.73 Å². The van der Waals surface area contributed by atoms with Crippen molar-refractivity contribution in [3.05, 3.63) is 89.5 Å². The normalized spacial score (nSPS) is 11.8. The van der Waals surface area contributed by atoms with Crippen LogP contribution in [0.25, 0.3) is 0 Å². The van der Waals surface area contributed by atoms with Gasteiger partial charge in [-0.05, 0) is 55.3 Å². The van der Waals surface area contributed by atoms with Crippen molar-refractivity contribution in [1.29, 1.82) is 0 Å². The molecule has 3 nitrogen and oxygen atoms in total. The molecule has 0 aliphatic heterocycles. The van der Waals surface area contributed by atoms with Crippen LogP contribution in [0.4, 0.5) is 11.4 Å². The van der Waals surface area contributed by atoms with Crippen LogP contribution in [0.2, 0.25) is 0 Å². The number of amides is 1. The highest BCUT2D eigenvalue weighted by atomic mass is 32.2. The van der Waals surface area contributed by atoms with Gasteiger partial charge in [0, 0.05) is 16.3 Å². The number of hydrogen-bond acceptors (Lipinski definition) is 3. The fourth-order valence-corrected chi connectivity index (χ4v) is 3.76. The van der Waals surface area contributed by atoms with Gasteiger partial charge in [0.2, 0.25) is 5.91 Å². The maximum absolute atomic E-state index is 13.1. The Kier molecular flexibility index (Phi) is 5.64. The van der Waals surface area contributed by atoms with Gasteiger partial charge in [-0.25, -0.2) is 0 Å². The van der Waals surface area contributed by atoms with Crippen molar-refractivity contribution in [2.75, 3.05) is 11.1 Å². The molecule has 0 aliphatic rings. The molecule has 1 unspecified atom stereocenters. The summed E-state index contributed by atoms with van der Waals surface area (Å²) in [6.07, 6.45) is 0. The summed E-state index contributed by atoms with van der Waals surface area (Å²) in [5, 5.41) is 2.74. The molecule has 0 aromatic heterocycles. The first-order valence-corrected chi connectivity index (χ1v) is 9.36. The molecular formula is C22H22N2OS. The lowest BCUT2D eigenvalue weighted by Gasteiger charge is -2.18. The summed E-state index contributed by atoms with van der Waals surface area (Å²) in [5.74, 6) is -0.0371. The second-order valence-electron chi connectivity index (χ2n) is 6.29. The second-order valence-corrected chi connectivity index (χ2v) is 7.46. The maximum Gasteiger partial charge on any atom is 0.242 e. The quantitative estimate of drug-likeness (QED) is 0.475. The van der Waals surface area contributed by atoms with Gasteiger partial charge < -0.3 is 11.1 Å². The van der Waals surface area contributed by atoms with Crippen LogP contribution >= 0.6 is 11.8 Å². The minimum Gasteiger partial charge on any atom is -0.399 e. The van der Waals surface area contributed by atoms with Gasteiger partial charge in [-0.3, -0.25) is 4.79 Å². The van der Waals surface area contributed by atoms with Gasteiger partial charge in [0.25, 0.3) is 0 Å². The summed E-state index contributed by atoms with van der Waals surface area (Å²) in [4.78, 5) is 14.1. The van der Waals surface area contributed by atoms with Crippen LogP contribution < -0.4 is 11.1 Å². The highest BCUT2D eigenvalue weighted by Crippen LogP contribution is 2.36. The Bertz CT molecular complexity index is 892. The molecular weight excluding hydrogens is 340 g/mol. The molecule has 132 valence electrons. The summed E-state index contributed by atoms with van der Waals surface area (Å²) in [6, 6.07) is 23.5. The molecule has 0 radical (unpaired) electrons. The van der Waals surface area contributed by atoms with Crippen molar-refractivity contribution >= 4 is 29.0 Å². The Morgan fingerprint density at radius 2 is 1.65 bits per heavy atom. The van der Waals surface area contributed by atoms with E-state index in [0.29, 0.717) is 5.69 Å². The highest BCUT2D eigenvalue weighted by Gasteiger charge is 2.22. The Hall–Kier alpha value is -2.72. The molecule has 26 heavy (non-hydrogen) atoms. The van der Waals surface area contributed by atoms with E-state index < -0.39 is 0 Å². The largest absolute Gasteiger partial charge is 0.399 e. The number of thioether (sulfide) groups is 1. The number of nitrogens with two attached hydrogens (primary N) is 1. The van der Waals surface area contributed by atoms with Crippen molar-refractivity contribution in [2.24, 2.45) is 0 Å². The zero-order valence-corrected chi connectivity index (χ0v) is 15.7. The minimum absolute atomic E-state index is 0.0371. The van der Waals surface area contributed by atoms with Crippen LogP contribution in [0.3, 0.4) is 0 Å². The minimum atomic E-state index is -0.347. The fourth-order valence-electron chi connectivity index (χ4n) is 2.74. The van der Waals surface area contributed by atoms with Crippen molar-refractivity contribution in [3.63, 3.8) is 0 Å². The molecule has 0 bridgehead atoms. The maximum atomic E-state index is 13.1. The van der Waals surface area contributed by atoms with Crippen LogP contribution in [0, 0.1) is 13.8 Å². The predicted molar refractivity (Wildman–Crippen MR) is 110 cm³/mol. The first-order chi connectivity index (χ1) is 12.5. The van der Waals surface area contributed by atoms with E-state index in [-0.39, 0.29) is 11.2 Å². The SMILES string of the molecule is Cc1ccc(NC(=O)C(Sc2ccc(N)cc2)c2ccccc2)c(C)c1. The standard InChI is InChI=1S/C22H22N2OS/c1-15-8-13-20(16(2)14-15)24-22(25)21(17-6-4-3-5-7-17)26-19-11-9-18(23)10-12-19/h3-14,21H,23H2,1-2H3,(H,24,25). The van der Waals surface area contributed by atoms with Gasteiger partial charge in [-0.2, -0.15) is 0 Å². The molecule has 1 amide bonds. The van der Waals surface area contributed by atoms with Gasteiger partial charge in [0.05, 0.1) is 0 Å². The van der Waals surface area contributed by atoms with Crippen molar-refractivity contribution in [2.45, 2.75) is 24.0 Å². The zero-order valence-electron chi connectivity index (χ0n) is 14.9. The first kappa shape index (κ1) is 18.1. The van der Waals surface area contributed by atoms with E-state index in [1.807, 2.05) is 80.6 Å². The van der Waals surface area contributed by atoms with Gasteiger partial charge in [0.1, 0.15) is 5.25 Å². The molecule has 0 saturated carbocycles. The van der Waals surface area contributed by atoms with Gasteiger partial charge in [0.15, 0.2) is 0 Å². The number of hydrogen-bond donors (Lipinski definition) is 2. The second kappa shape index (κ2) is 8.11. The topological polar surface area (TPSA) is 55.1 Å². The smallest absolute Gasteiger partial charge is 0.242 e. The Morgan fingerprint density at radius 3 is 2.31 bits per heavy atom. The van der Waals surface area contributed by atoms with Crippen LogP contribution in [0.15, 0.2) is 77.7 Å². The summed E-state index contributed by atoms with van der Waals surface area (Å²) in [6.45, 7) is 4.05. The van der Waals surface area contributed by atoms with E-state index in [1.54, 1.807) is 0 Å². The molecule has 3 aromatic rings. The third-order valence-electron chi connectivity index (χ3n) is 4.11. The molecule has 3 N–H and O–H groups in total. The number of nitrogen functional groups attached to an aromatic ring is 1. The third-order valence-corrected chi connectivity index (χ3v) is 5.38. The predicted octanol–water partition coefficient (Wildman–Crippen LogP) is 5.36. The molecule has 0 spiro atoms. The lowest BCUT2D eigenvalue weighted by molar-refractivity contribution is -0.115. The van der Waals surface area contributed by atoms with E-state index in [9.17, 15) is 4.79 Å². The number of anilines is 2. The lowest BCUT2D eigenvalue weighted by Crippen LogP contribution is -2.19. The monoisotopic (exact) mass is 362 g/mol. The third kappa shape index (κ3) is 4.46. The average molecular weight is 362 g/mol. The van der Waals surface area contributed by atoms with Gasteiger partial charge in [-0.15, -0.1) is 11.8 Å². The van der Waals surface area contributed by atoms with Crippen LogP contribution in [0.1, 0.15) is 21.9 Å². The molecule has 1 atom stereocenters. The molecule has 4 heteroatoms. The van der Waals surface area contributed by atoms with Gasteiger partial charge in [-0.1, -0.05) is 48.0 Å². The number of nitrogens with one attached hydrogen (secondary N) is 1. The number of benzene rings is 3. The summed E-state index contributed by atoms with van der Waals surface area (Å²) in [7, 11) is 0. The number of aryl methyl sites for hydroxylation is 2. The fraction of sp³-hybridized carbons (Fsp3) is 0.136. The van der Waals surface area contributed by atoms with E-state index in [0.717, 1.165) is 21.7 Å². The molecule has 0 aliphatic carbocycles. The van der Waals surface area contributed by atoms with E-state index in [1.165, 1.54) is 17.3 Å². The van der Waals surface area contributed by atoms with Crippen molar-refractivity contribution in [3.8, 4) is 0 Å². The van der Waals surface area contributed by atoms with Gasteiger partial charge >= 0.3 is 0 Å². The van der Waals surface area contributed by atoms with Crippen LogP contribution in [0.5, 0.6) is 0 Å². The summed E-state index contributed by atoms with van der Waals surface area (Å²) < 4.78 is 0. The number of rotatable bonds is 5. The number of carbonyl (C=O) groups is 1. The summed E-state index contributed by atoms with van der Waals surface area (Å²) >= 11 is 1.52. The summed E-state index contributed by atoms with van der Waals surface area (Å²) in [5.41, 5.74) is 10.5. The van der Waals surface area contributed by atoms with E-state index >= 15 is 0 Å². The Balaban J connectivity index is 1.87. The molecule has 0 saturated heterocycles. The average Bonchev–Trinajstić information content (AvgIpc) is 2.64. The first-order valence-electron chi connectivity index (χ1n) is 8.48.